The van der Waals surface area contributed by atoms with Gasteiger partial charge >= 0.3 is 5.69 Å². The largest absolute Gasteiger partial charge is 0.490 e. The molecule has 0 atom stereocenters. The number of hydrogen-bond acceptors (Lipinski definition) is 6. The molecule has 0 saturated heterocycles. The minimum atomic E-state index is -0.486. The van der Waals surface area contributed by atoms with E-state index in [1.54, 1.807) is 11.2 Å². The van der Waals surface area contributed by atoms with Crippen LogP contribution in [0.1, 0.15) is 33.3 Å². The summed E-state index contributed by atoms with van der Waals surface area (Å²) in [6.45, 7) is 8.69. The number of aromatic amines is 1. The third-order valence-electron chi connectivity index (χ3n) is 3.68. The van der Waals surface area contributed by atoms with Crippen LogP contribution in [-0.2, 0) is 7.05 Å². The molecule has 0 aliphatic carbocycles. The van der Waals surface area contributed by atoms with Gasteiger partial charge in [-0.05, 0) is 51.5 Å². The molecule has 146 valence electrons. The van der Waals surface area contributed by atoms with Crippen LogP contribution < -0.4 is 25.7 Å². The molecule has 27 heavy (non-hydrogen) atoms. The number of nitrogens with one attached hydrogen (secondary N) is 1. The highest BCUT2D eigenvalue weighted by Gasteiger charge is 2.09. The van der Waals surface area contributed by atoms with Gasteiger partial charge in [0.05, 0.1) is 18.9 Å². The Morgan fingerprint density at radius 3 is 2.56 bits per heavy atom. The zero-order chi connectivity index (χ0) is 20.0. The van der Waals surface area contributed by atoms with E-state index in [0.717, 1.165) is 10.1 Å². The molecule has 0 bridgehead atoms. The number of aromatic nitrogens is 2. The highest BCUT2D eigenvalue weighted by atomic mass is 16.5. The van der Waals surface area contributed by atoms with Gasteiger partial charge in [-0.2, -0.15) is 5.10 Å². The van der Waals surface area contributed by atoms with Crippen LogP contribution in [0.25, 0.3) is 0 Å². The Balaban J connectivity index is 2.30. The second-order valence-corrected chi connectivity index (χ2v) is 6.12. The summed E-state index contributed by atoms with van der Waals surface area (Å²) in [7, 11) is 1.42. The van der Waals surface area contributed by atoms with Crippen LogP contribution >= 0.6 is 0 Å². The van der Waals surface area contributed by atoms with E-state index < -0.39 is 11.2 Å². The van der Waals surface area contributed by atoms with Gasteiger partial charge in [-0.3, -0.25) is 14.3 Å². The van der Waals surface area contributed by atoms with Crippen LogP contribution in [0.4, 0.5) is 5.82 Å². The lowest BCUT2D eigenvalue weighted by molar-refractivity contribution is 0.224. The lowest BCUT2D eigenvalue weighted by atomic mass is 10.2. The fourth-order valence-corrected chi connectivity index (χ4v) is 2.36. The molecule has 1 aromatic heterocycles. The molecule has 1 aromatic carbocycles. The molecule has 0 radical (unpaired) electrons. The molecule has 0 spiro atoms. The van der Waals surface area contributed by atoms with Gasteiger partial charge in [0.25, 0.3) is 5.56 Å². The first-order chi connectivity index (χ1) is 12.8. The summed E-state index contributed by atoms with van der Waals surface area (Å²) in [6, 6.07) is 6.88. The van der Waals surface area contributed by atoms with Gasteiger partial charge in [0, 0.05) is 19.7 Å². The topological polar surface area (TPSA) is 88.9 Å². The van der Waals surface area contributed by atoms with Crippen molar-refractivity contribution in [3.8, 4) is 11.5 Å². The van der Waals surface area contributed by atoms with Crippen LogP contribution in [0.2, 0.25) is 0 Å². The van der Waals surface area contributed by atoms with Gasteiger partial charge in [-0.15, -0.1) is 0 Å². The van der Waals surface area contributed by atoms with Crippen molar-refractivity contribution < 1.29 is 9.47 Å². The standard InChI is InChI=1S/C19H26N4O4/c1-6-23(17-11-18(24)22(5)19(25)21-17)20-12-14-8-9-15(27-13(3)4)16(10-14)26-7-2/h8-13H,6-7H2,1-5H3,(H,21,25). The molecule has 1 heterocycles. The van der Waals surface area contributed by atoms with E-state index in [-0.39, 0.29) is 6.10 Å². The van der Waals surface area contributed by atoms with Crippen molar-refractivity contribution in [3.05, 3.63) is 50.7 Å². The summed E-state index contributed by atoms with van der Waals surface area (Å²) < 4.78 is 12.4. The summed E-state index contributed by atoms with van der Waals surface area (Å²) in [5.41, 5.74) is -0.0737. The quantitative estimate of drug-likeness (QED) is 0.565. The maximum Gasteiger partial charge on any atom is 0.329 e. The number of H-pyrrole nitrogens is 1. The molecule has 2 aromatic rings. The van der Waals surface area contributed by atoms with Crippen LogP contribution in [0.15, 0.2) is 39.0 Å². The zero-order valence-corrected chi connectivity index (χ0v) is 16.4. The number of anilines is 1. The maximum absolute atomic E-state index is 11.8. The maximum atomic E-state index is 11.8. The summed E-state index contributed by atoms with van der Waals surface area (Å²) >= 11 is 0. The Hall–Kier alpha value is -3.03. The second kappa shape index (κ2) is 9.07. The van der Waals surface area contributed by atoms with E-state index in [1.165, 1.54) is 13.1 Å². The Labute approximate surface area is 158 Å². The van der Waals surface area contributed by atoms with Crippen molar-refractivity contribution in [1.82, 2.24) is 9.55 Å². The fraction of sp³-hybridized carbons (Fsp3) is 0.421. The molecule has 0 aliphatic rings. The normalized spacial score (nSPS) is 11.2. The average molecular weight is 374 g/mol. The van der Waals surface area contributed by atoms with Gasteiger partial charge in [-0.25, -0.2) is 9.80 Å². The first-order valence-corrected chi connectivity index (χ1v) is 8.91. The van der Waals surface area contributed by atoms with E-state index in [9.17, 15) is 9.59 Å². The molecule has 1 N–H and O–H groups in total. The van der Waals surface area contributed by atoms with Gasteiger partial charge in [0.2, 0.25) is 0 Å². The second-order valence-electron chi connectivity index (χ2n) is 6.12. The minimum absolute atomic E-state index is 0.0387. The SMILES string of the molecule is CCOc1cc(C=NN(CC)c2cc(=O)n(C)c(=O)[nH]2)ccc1OC(C)C. The molecule has 8 nitrogen and oxygen atoms in total. The van der Waals surface area contributed by atoms with E-state index in [0.29, 0.717) is 30.5 Å². The predicted octanol–water partition coefficient (Wildman–Crippen LogP) is 2.12. The van der Waals surface area contributed by atoms with Crippen LogP contribution in [0.5, 0.6) is 11.5 Å². The van der Waals surface area contributed by atoms with Gasteiger partial charge in [0.15, 0.2) is 11.5 Å². The molecule has 0 aliphatic heterocycles. The lowest BCUT2D eigenvalue weighted by Crippen LogP contribution is -2.34. The number of ether oxygens (including phenoxy) is 2. The zero-order valence-electron chi connectivity index (χ0n) is 16.4. The Morgan fingerprint density at radius 2 is 1.96 bits per heavy atom. The average Bonchev–Trinajstić information content (AvgIpc) is 2.62. The predicted molar refractivity (Wildman–Crippen MR) is 106 cm³/mol. The highest BCUT2D eigenvalue weighted by molar-refractivity contribution is 5.81. The molecule has 0 amide bonds. The third-order valence-corrected chi connectivity index (χ3v) is 3.68. The van der Waals surface area contributed by atoms with Crippen LogP contribution in [0, 0.1) is 0 Å². The Morgan fingerprint density at radius 1 is 1.22 bits per heavy atom. The first-order valence-electron chi connectivity index (χ1n) is 8.91. The summed E-state index contributed by atoms with van der Waals surface area (Å²) in [4.78, 5) is 26.3. The van der Waals surface area contributed by atoms with Gasteiger partial charge < -0.3 is 9.47 Å². The van der Waals surface area contributed by atoms with E-state index in [4.69, 9.17) is 9.47 Å². The summed E-state index contributed by atoms with van der Waals surface area (Å²) in [5.74, 6) is 1.65. The summed E-state index contributed by atoms with van der Waals surface area (Å²) in [6.07, 6.45) is 1.68. The van der Waals surface area contributed by atoms with Gasteiger partial charge in [0.1, 0.15) is 5.82 Å². The van der Waals surface area contributed by atoms with Crippen LogP contribution in [0.3, 0.4) is 0 Å². The molecule has 0 unspecified atom stereocenters. The highest BCUT2D eigenvalue weighted by Crippen LogP contribution is 2.29. The lowest BCUT2D eigenvalue weighted by Gasteiger charge is -2.17. The Kier molecular flexibility index (Phi) is 6.81. The van der Waals surface area contributed by atoms with Crippen LogP contribution in [-0.4, -0.2) is 35.0 Å². The smallest absolute Gasteiger partial charge is 0.329 e. The molecular formula is C19H26N4O4. The van der Waals surface area contributed by atoms with Crippen molar-refractivity contribution in [2.24, 2.45) is 12.1 Å². The van der Waals surface area contributed by atoms with E-state index >= 15 is 0 Å². The number of hydrazone groups is 1. The number of nitrogens with zero attached hydrogens (tertiary/aromatic N) is 3. The number of benzene rings is 1. The van der Waals surface area contributed by atoms with E-state index in [1.807, 2.05) is 45.9 Å². The Bertz CT molecular complexity index is 883. The minimum Gasteiger partial charge on any atom is -0.490 e. The van der Waals surface area contributed by atoms with Crippen molar-refractivity contribution in [2.45, 2.75) is 33.8 Å². The van der Waals surface area contributed by atoms with E-state index in [2.05, 4.69) is 10.1 Å². The summed E-state index contributed by atoms with van der Waals surface area (Å²) in [5, 5.41) is 5.92. The molecule has 0 saturated carbocycles. The van der Waals surface area contributed by atoms with Crippen molar-refractivity contribution in [2.75, 3.05) is 18.2 Å². The number of rotatable bonds is 8. The third kappa shape index (κ3) is 5.22. The van der Waals surface area contributed by atoms with Crippen molar-refractivity contribution >= 4 is 12.0 Å². The van der Waals surface area contributed by atoms with Crippen molar-refractivity contribution in [3.63, 3.8) is 0 Å². The molecule has 8 heteroatoms. The number of hydrogen-bond donors (Lipinski definition) is 1. The van der Waals surface area contributed by atoms with Gasteiger partial charge in [-0.1, -0.05) is 0 Å². The molecular weight excluding hydrogens is 348 g/mol. The first kappa shape index (κ1) is 20.3. The fourth-order valence-electron chi connectivity index (χ4n) is 2.36. The molecule has 2 rings (SSSR count). The monoisotopic (exact) mass is 374 g/mol. The molecule has 0 fully saturated rings. The van der Waals surface area contributed by atoms with Crippen molar-refractivity contribution in [1.29, 1.82) is 0 Å².